The zero-order valence-electron chi connectivity index (χ0n) is 11.3. The lowest BCUT2D eigenvalue weighted by Crippen LogP contribution is -2.32. The van der Waals surface area contributed by atoms with Crippen molar-refractivity contribution in [1.29, 1.82) is 0 Å². The lowest BCUT2D eigenvalue weighted by molar-refractivity contribution is 0.250. The zero-order valence-corrected chi connectivity index (χ0v) is 11.3. The third kappa shape index (κ3) is 3.04. The Morgan fingerprint density at radius 2 is 1.95 bits per heavy atom. The third-order valence-electron chi connectivity index (χ3n) is 3.20. The highest BCUT2D eigenvalue weighted by atomic mass is 19.1. The van der Waals surface area contributed by atoms with Crippen molar-refractivity contribution in [2.24, 2.45) is 5.84 Å². The molecule has 0 aliphatic rings. The smallest absolute Gasteiger partial charge is 0.134 e. The maximum absolute atomic E-state index is 13.2. The molecule has 0 bridgehead atoms. The maximum Gasteiger partial charge on any atom is 0.134 e. The second-order valence-electron chi connectivity index (χ2n) is 4.67. The molecular formula is C16H15FN2O2. The second kappa shape index (κ2) is 5.95. The summed E-state index contributed by atoms with van der Waals surface area (Å²) in [6.07, 6.45) is 0. The van der Waals surface area contributed by atoms with Crippen molar-refractivity contribution < 1.29 is 13.5 Å². The molecule has 1 aromatic heterocycles. The SMILES string of the molecule is NNC(COc1ccccc1)c1cc2cc(F)ccc2o1. The van der Waals surface area contributed by atoms with Gasteiger partial charge < -0.3 is 9.15 Å². The van der Waals surface area contributed by atoms with Crippen molar-refractivity contribution in [2.45, 2.75) is 6.04 Å². The van der Waals surface area contributed by atoms with Crippen LogP contribution in [0, 0.1) is 5.82 Å². The number of rotatable bonds is 5. The van der Waals surface area contributed by atoms with Crippen LogP contribution in [0.5, 0.6) is 5.75 Å². The summed E-state index contributed by atoms with van der Waals surface area (Å²) in [6.45, 7) is 0.308. The van der Waals surface area contributed by atoms with E-state index in [1.165, 1.54) is 12.1 Å². The molecule has 21 heavy (non-hydrogen) atoms. The van der Waals surface area contributed by atoms with E-state index in [9.17, 15) is 4.39 Å². The predicted octanol–water partition coefficient (Wildman–Crippen LogP) is 3.16. The lowest BCUT2D eigenvalue weighted by Gasteiger charge is -2.14. The molecule has 0 saturated heterocycles. The fourth-order valence-electron chi connectivity index (χ4n) is 2.12. The summed E-state index contributed by atoms with van der Waals surface area (Å²) in [7, 11) is 0. The molecule has 108 valence electrons. The number of benzene rings is 2. The molecule has 0 amide bonds. The normalized spacial score (nSPS) is 12.5. The topological polar surface area (TPSA) is 60.4 Å². The van der Waals surface area contributed by atoms with Crippen LogP contribution in [0.3, 0.4) is 0 Å². The molecule has 3 N–H and O–H groups in total. The first-order valence-electron chi connectivity index (χ1n) is 6.59. The zero-order chi connectivity index (χ0) is 14.7. The maximum atomic E-state index is 13.2. The van der Waals surface area contributed by atoms with Crippen LogP contribution in [0.1, 0.15) is 11.8 Å². The van der Waals surface area contributed by atoms with Crippen LogP contribution in [-0.2, 0) is 0 Å². The van der Waals surface area contributed by atoms with Crippen molar-refractivity contribution in [3.8, 4) is 5.75 Å². The Kier molecular flexibility index (Phi) is 3.85. The number of hydrogen-bond acceptors (Lipinski definition) is 4. The van der Waals surface area contributed by atoms with Crippen molar-refractivity contribution in [3.05, 3.63) is 66.2 Å². The van der Waals surface area contributed by atoms with E-state index in [1.54, 1.807) is 12.1 Å². The van der Waals surface area contributed by atoms with Gasteiger partial charge >= 0.3 is 0 Å². The molecule has 0 spiro atoms. The predicted molar refractivity (Wildman–Crippen MR) is 78.2 cm³/mol. The number of halogens is 1. The van der Waals surface area contributed by atoms with Crippen LogP contribution in [0.2, 0.25) is 0 Å². The van der Waals surface area contributed by atoms with Gasteiger partial charge in [-0.25, -0.2) is 9.82 Å². The molecule has 0 radical (unpaired) electrons. The summed E-state index contributed by atoms with van der Waals surface area (Å²) in [5.41, 5.74) is 3.27. The van der Waals surface area contributed by atoms with E-state index in [1.807, 2.05) is 30.3 Å². The molecule has 0 aliphatic carbocycles. The number of fused-ring (bicyclic) bond motifs is 1. The van der Waals surface area contributed by atoms with E-state index in [2.05, 4.69) is 5.43 Å². The summed E-state index contributed by atoms with van der Waals surface area (Å²) < 4.78 is 24.5. The van der Waals surface area contributed by atoms with Gasteiger partial charge in [0.15, 0.2) is 0 Å². The van der Waals surface area contributed by atoms with Gasteiger partial charge in [0, 0.05) is 5.39 Å². The summed E-state index contributed by atoms with van der Waals surface area (Å²) in [5.74, 6) is 6.61. The summed E-state index contributed by atoms with van der Waals surface area (Å²) in [4.78, 5) is 0. The molecule has 1 heterocycles. The number of hydrogen-bond donors (Lipinski definition) is 2. The summed E-state index contributed by atoms with van der Waals surface area (Å²) in [5, 5.41) is 0.699. The molecule has 5 heteroatoms. The van der Waals surface area contributed by atoms with Crippen LogP contribution in [-0.4, -0.2) is 6.61 Å². The van der Waals surface area contributed by atoms with Gasteiger partial charge in [0.05, 0.1) is 0 Å². The molecule has 3 aromatic rings. The molecule has 1 unspecified atom stereocenters. The average Bonchev–Trinajstić information content (AvgIpc) is 2.92. The molecular weight excluding hydrogens is 271 g/mol. The van der Waals surface area contributed by atoms with Gasteiger partial charge in [-0.3, -0.25) is 5.84 Å². The molecule has 1 atom stereocenters. The lowest BCUT2D eigenvalue weighted by atomic mass is 10.2. The van der Waals surface area contributed by atoms with Crippen molar-refractivity contribution in [3.63, 3.8) is 0 Å². The Morgan fingerprint density at radius 3 is 2.71 bits per heavy atom. The van der Waals surface area contributed by atoms with Gasteiger partial charge in [-0.15, -0.1) is 0 Å². The fraction of sp³-hybridized carbons (Fsp3) is 0.125. The van der Waals surface area contributed by atoms with Gasteiger partial charge in [-0.05, 0) is 36.4 Å². The average molecular weight is 286 g/mol. The van der Waals surface area contributed by atoms with Crippen LogP contribution in [0.4, 0.5) is 4.39 Å². The van der Waals surface area contributed by atoms with Gasteiger partial charge in [0.2, 0.25) is 0 Å². The van der Waals surface area contributed by atoms with E-state index in [0.29, 0.717) is 23.3 Å². The standard InChI is InChI=1S/C16H15FN2O2/c17-12-6-7-15-11(8-12)9-16(21-15)14(19-18)10-20-13-4-2-1-3-5-13/h1-9,14,19H,10,18H2. The molecule has 4 nitrogen and oxygen atoms in total. The Hall–Kier alpha value is -2.37. The van der Waals surface area contributed by atoms with Crippen LogP contribution >= 0.6 is 0 Å². The molecule has 0 fully saturated rings. The number of hydrazine groups is 1. The van der Waals surface area contributed by atoms with Crippen LogP contribution < -0.4 is 16.0 Å². The number of nitrogens with two attached hydrogens (primary N) is 1. The van der Waals surface area contributed by atoms with Gasteiger partial charge in [0.25, 0.3) is 0 Å². The van der Waals surface area contributed by atoms with Gasteiger partial charge in [-0.1, -0.05) is 18.2 Å². The Bertz CT molecular complexity index is 727. The quantitative estimate of drug-likeness (QED) is 0.558. The highest BCUT2D eigenvalue weighted by Crippen LogP contribution is 2.25. The summed E-state index contributed by atoms with van der Waals surface area (Å²) in [6, 6.07) is 15.3. The van der Waals surface area contributed by atoms with E-state index >= 15 is 0 Å². The molecule has 3 rings (SSSR count). The molecule has 2 aromatic carbocycles. The minimum atomic E-state index is -0.319. The van der Waals surface area contributed by atoms with Crippen molar-refractivity contribution >= 4 is 11.0 Å². The van der Waals surface area contributed by atoms with E-state index in [4.69, 9.17) is 15.0 Å². The fourth-order valence-corrected chi connectivity index (χ4v) is 2.12. The molecule has 0 aliphatic heterocycles. The van der Waals surface area contributed by atoms with Crippen LogP contribution in [0.25, 0.3) is 11.0 Å². The number of para-hydroxylation sites is 1. The first-order valence-corrected chi connectivity index (χ1v) is 6.59. The Balaban J connectivity index is 1.78. The van der Waals surface area contributed by atoms with E-state index in [-0.39, 0.29) is 11.9 Å². The van der Waals surface area contributed by atoms with E-state index in [0.717, 1.165) is 5.75 Å². The number of ether oxygens (including phenoxy) is 1. The van der Waals surface area contributed by atoms with Crippen LogP contribution in [0.15, 0.2) is 59.0 Å². The monoisotopic (exact) mass is 286 g/mol. The Morgan fingerprint density at radius 1 is 1.14 bits per heavy atom. The second-order valence-corrected chi connectivity index (χ2v) is 4.67. The highest BCUT2D eigenvalue weighted by molar-refractivity contribution is 5.78. The first-order chi connectivity index (χ1) is 10.3. The number of furan rings is 1. The van der Waals surface area contributed by atoms with E-state index < -0.39 is 0 Å². The molecule has 0 saturated carbocycles. The number of nitrogens with one attached hydrogen (secondary N) is 1. The summed E-state index contributed by atoms with van der Waals surface area (Å²) >= 11 is 0. The minimum absolute atomic E-state index is 0.298. The van der Waals surface area contributed by atoms with Crippen molar-refractivity contribution in [1.82, 2.24) is 5.43 Å². The van der Waals surface area contributed by atoms with Gasteiger partial charge in [0.1, 0.15) is 35.6 Å². The van der Waals surface area contributed by atoms with Gasteiger partial charge in [-0.2, -0.15) is 0 Å². The Labute approximate surface area is 121 Å². The highest BCUT2D eigenvalue weighted by Gasteiger charge is 2.16. The first kappa shape index (κ1) is 13.6. The third-order valence-corrected chi connectivity index (χ3v) is 3.20. The minimum Gasteiger partial charge on any atom is -0.491 e. The van der Waals surface area contributed by atoms with Crippen molar-refractivity contribution in [2.75, 3.05) is 6.61 Å². The largest absolute Gasteiger partial charge is 0.491 e.